The van der Waals surface area contributed by atoms with E-state index in [4.69, 9.17) is 10.1 Å². The van der Waals surface area contributed by atoms with Crippen LogP contribution in [0, 0.1) is 5.41 Å². The van der Waals surface area contributed by atoms with Crippen molar-refractivity contribution in [2.75, 3.05) is 33.4 Å². The number of morpholine rings is 1. The number of nitrogens with zero attached hydrogens (tertiary/aromatic N) is 3. The number of H-pyrrole nitrogens is 1. The second kappa shape index (κ2) is 8.90. The minimum Gasteiger partial charge on any atom is -0.393 e. The van der Waals surface area contributed by atoms with Crippen molar-refractivity contribution in [2.45, 2.75) is 6.54 Å². The molecular weight excluding hydrogens is 400 g/mol. The first-order valence-corrected chi connectivity index (χ1v) is 10.8. The molecule has 1 aliphatic heterocycles. The van der Waals surface area contributed by atoms with Crippen LogP contribution in [-0.2, 0) is 11.3 Å². The van der Waals surface area contributed by atoms with Gasteiger partial charge in [-0.25, -0.2) is 4.98 Å². The van der Waals surface area contributed by atoms with Crippen LogP contribution in [0.5, 0.6) is 0 Å². The summed E-state index contributed by atoms with van der Waals surface area (Å²) in [7, 11) is 1.82. The molecular formula is C25H26N6O. The van der Waals surface area contributed by atoms with Crippen LogP contribution in [0.4, 0.5) is 0 Å². The van der Waals surface area contributed by atoms with Crippen molar-refractivity contribution < 1.29 is 4.74 Å². The van der Waals surface area contributed by atoms with Gasteiger partial charge in [0.1, 0.15) is 5.65 Å². The molecule has 1 fully saturated rings. The molecule has 7 heteroatoms. The summed E-state index contributed by atoms with van der Waals surface area (Å²) in [4.78, 5) is 14.9. The summed E-state index contributed by atoms with van der Waals surface area (Å²) in [6, 6.07) is 12.9. The summed E-state index contributed by atoms with van der Waals surface area (Å²) in [5.74, 6) is 0. The molecule has 0 spiro atoms. The molecule has 7 nitrogen and oxygen atoms in total. The quantitative estimate of drug-likeness (QED) is 0.408. The van der Waals surface area contributed by atoms with Gasteiger partial charge in [0.05, 0.1) is 30.6 Å². The lowest BCUT2D eigenvalue weighted by atomic mass is 10.0. The highest BCUT2D eigenvalue weighted by Gasteiger charge is 2.12. The molecule has 0 saturated carbocycles. The summed E-state index contributed by atoms with van der Waals surface area (Å²) in [6.45, 7) is 4.57. The highest BCUT2D eigenvalue weighted by atomic mass is 16.5. The van der Waals surface area contributed by atoms with Crippen LogP contribution in [0.3, 0.4) is 0 Å². The van der Waals surface area contributed by atoms with Crippen LogP contribution >= 0.6 is 0 Å². The Bertz CT molecular complexity index is 1290. The fourth-order valence-electron chi connectivity index (χ4n) is 4.16. The van der Waals surface area contributed by atoms with Gasteiger partial charge in [-0.05, 0) is 23.3 Å². The van der Waals surface area contributed by atoms with Gasteiger partial charge in [0.25, 0.3) is 0 Å². The second-order valence-electron chi connectivity index (χ2n) is 7.98. The number of allylic oxidation sites excluding steroid dienone is 1. The number of pyridine rings is 2. The summed E-state index contributed by atoms with van der Waals surface area (Å²) in [5.41, 5.74) is 6.77. The number of benzene rings is 1. The first-order chi connectivity index (χ1) is 15.7. The molecule has 0 atom stereocenters. The second-order valence-corrected chi connectivity index (χ2v) is 7.98. The summed E-state index contributed by atoms with van der Waals surface area (Å²) < 4.78 is 5.44. The van der Waals surface area contributed by atoms with E-state index >= 15 is 0 Å². The Morgan fingerprint density at radius 1 is 1.09 bits per heavy atom. The third kappa shape index (κ3) is 4.00. The van der Waals surface area contributed by atoms with Gasteiger partial charge in [-0.3, -0.25) is 9.88 Å². The average Bonchev–Trinajstić information content (AvgIpc) is 3.21. The molecule has 3 aromatic heterocycles. The van der Waals surface area contributed by atoms with Crippen molar-refractivity contribution in [3.8, 4) is 11.1 Å². The smallest absolute Gasteiger partial charge is 0.138 e. The van der Waals surface area contributed by atoms with E-state index in [-0.39, 0.29) is 0 Å². The van der Waals surface area contributed by atoms with Crippen LogP contribution in [0.2, 0.25) is 0 Å². The van der Waals surface area contributed by atoms with E-state index in [2.05, 4.69) is 55.5 Å². The van der Waals surface area contributed by atoms with Crippen LogP contribution in [-0.4, -0.2) is 59.4 Å². The Morgan fingerprint density at radius 3 is 2.66 bits per heavy atom. The van der Waals surface area contributed by atoms with Crippen molar-refractivity contribution in [3.63, 3.8) is 0 Å². The number of ether oxygens (including phenoxy) is 1. The standard InChI is InChI=1S/C25H26N6O/c1-27-13-20(12-26)23-11-21-22-10-19(14-29-25(22)30-24(21)15-28-23)18-4-2-17(3-5-18)16-31-6-8-32-9-7-31/h2-5,10-15,26-27H,6-9,16H2,1H3,(H,29,30)/b20-13+,26-12?. The number of hydrogen-bond donors (Lipinski definition) is 3. The molecule has 0 amide bonds. The Hall–Kier alpha value is -3.55. The molecule has 32 heavy (non-hydrogen) atoms. The van der Waals surface area contributed by atoms with Crippen LogP contribution in [0.1, 0.15) is 11.3 Å². The Morgan fingerprint density at radius 2 is 1.91 bits per heavy atom. The monoisotopic (exact) mass is 426 g/mol. The topological polar surface area (TPSA) is 89.9 Å². The van der Waals surface area contributed by atoms with E-state index in [0.717, 1.165) is 77.2 Å². The van der Waals surface area contributed by atoms with Gasteiger partial charge < -0.3 is 20.4 Å². The molecule has 1 aliphatic rings. The number of aromatic nitrogens is 3. The third-order valence-electron chi connectivity index (χ3n) is 5.88. The number of fused-ring (bicyclic) bond motifs is 3. The van der Waals surface area contributed by atoms with Crippen LogP contribution < -0.4 is 5.32 Å². The Kier molecular flexibility index (Phi) is 5.66. The first kappa shape index (κ1) is 20.4. The molecule has 0 bridgehead atoms. The molecule has 162 valence electrons. The molecule has 0 unspecified atom stereocenters. The number of nitrogens with one attached hydrogen (secondary N) is 3. The maximum atomic E-state index is 7.68. The fourth-order valence-corrected chi connectivity index (χ4v) is 4.16. The minimum atomic E-state index is 0.726. The maximum absolute atomic E-state index is 7.68. The molecule has 3 N–H and O–H groups in total. The lowest BCUT2D eigenvalue weighted by Crippen LogP contribution is -2.35. The van der Waals surface area contributed by atoms with E-state index in [1.165, 1.54) is 11.8 Å². The van der Waals surface area contributed by atoms with Crippen LogP contribution in [0.25, 0.3) is 38.6 Å². The van der Waals surface area contributed by atoms with Gasteiger partial charge in [0, 0.05) is 67.2 Å². The average molecular weight is 427 g/mol. The van der Waals surface area contributed by atoms with Crippen molar-refractivity contribution in [1.82, 2.24) is 25.2 Å². The van der Waals surface area contributed by atoms with Crippen molar-refractivity contribution in [1.29, 1.82) is 5.41 Å². The van der Waals surface area contributed by atoms with Gasteiger partial charge in [-0.1, -0.05) is 24.3 Å². The maximum Gasteiger partial charge on any atom is 0.138 e. The van der Waals surface area contributed by atoms with E-state index in [1.54, 1.807) is 12.4 Å². The predicted molar refractivity (Wildman–Crippen MR) is 129 cm³/mol. The molecule has 1 aromatic carbocycles. The zero-order valence-electron chi connectivity index (χ0n) is 18.1. The fraction of sp³-hybridized carbons (Fsp3) is 0.240. The molecule has 1 saturated heterocycles. The SMILES string of the molecule is CN/C=C(\C=N)c1cc2c(cn1)[nH]c1ncc(-c3ccc(CN4CCOCC4)cc3)cc12. The zero-order valence-corrected chi connectivity index (χ0v) is 18.1. The lowest BCUT2D eigenvalue weighted by Gasteiger charge is -2.26. The molecule has 4 heterocycles. The van der Waals surface area contributed by atoms with Gasteiger partial charge in [-0.2, -0.15) is 0 Å². The number of aromatic amines is 1. The molecule has 0 aliphatic carbocycles. The third-order valence-corrected chi connectivity index (χ3v) is 5.88. The summed E-state index contributed by atoms with van der Waals surface area (Å²) >= 11 is 0. The van der Waals surface area contributed by atoms with E-state index in [1.807, 2.05) is 19.3 Å². The zero-order chi connectivity index (χ0) is 21.9. The normalized spacial score (nSPS) is 15.3. The lowest BCUT2D eigenvalue weighted by molar-refractivity contribution is 0.0342. The minimum absolute atomic E-state index is 0.726. The number of hydrogen-bond acceptors (Lipinski definition) is 6. The number of rotatable bonds is 6. The highest BCUT2D eigenvalue weighted by molar-refractivity contribution is 6.11. The van der Waals surface area contributed by atoms with Crippen molar-refractivity contribution in [2.24, 2.45) is 0 Å². The van der Waals surface area contributed by atoms with Crippen molar-refractivity contribution >= 4 is 33.7 Å². The van der Waals surface area contributed by atoms with Gasteiger partial charge in [0.2, 0.25) is 0 Å². The van der Waals surface area contributed by atoms with Crippen molar-refractivity contribution in [3.05, 3.63) is 66.2 Å². The molecule has 0 radical (unpaired) electrons. The summed E-state index contributed by atoms with van der Waals surface area (Å²) in [6.07, 6.45) is 6.80. The Labute approximate surface area is 186 Å². The summed E-state index contributed by atoms with van der Waals surface area (Å²) in [5, 5.41) is 12.7. The first-order valence-electron chi connectivity index (χ1n) is 10.8. The van der Waals surface area contributed by atoms with Crippen LogP contribution in [0.15, 0.2) is 55.0 Å². The largest absolute Gasteiger partial charge is 0.393 e. The molecule has 4 aromatic rings. The van der Waals surface area contributed by atoms with E-state index in [0.29, 0.717) is 0 Å². The highest BCUT2D eigenvalue weighted by Crippen LogP contribution is 2.29. The van der Waals surface area contributed by atoms with E-state index < -0.39 is 0 Å². The Balaban J connectivity index is 1.47. The molecule has 5 rings (SSSR count). The van der Waals surface area contributed by atoms with Gasteiger partial charge in [0.15, 0.2) is 0 Å². The van der Waals surface area contributed by atoms with Gasteiger partial charge in [-0.15, -0.1) is 0 Å². The van der Waals surface area contributed by atoms with Gasteiger partial charge >= 0.3 is 0 Å². The predicted octanol–water partition coefficient (Wildman–Crippen LogP) is 3.82. The van der Waals surface area contributed by atoms with E-state index in [9.17, 15) is 0 Å².